The van der Waals surface area contributed by atoms with Crippen LogP contribution in [0, 0.1) is 11.3 Å². The molecule has 1 aliphatic heterocycles. The molecule has 0 atom stereocenters. The van der Waals surface area contributed by atoms with Crippen LogP contribution in [0.15, 0.2) is 35.4 Å². The van der Waals surface area contributed by atoms with Gasteiger partial charge in [0.05, 0.1) is 12.9 Å². The number of fused-ring (bicyclic) bond motifs is 1. The highest BCUT2D eigenvalue weighted by atomic mass is 16.1. The molecule has 3 aromatic rings. The maximum atomic E-state index is 13.2. The summed E-state index contributed by atoms with van der Waals surface area (Å²) in [7, 11) is 1.78. The van der Waals surface area contributed by atoms with E-state index in [2.05, 4.69) is 21.3 Å². The molecule has 3 heterocycles. The Morgan fingerprint density at radius 3 is 2.77 bits per heavy atom. The topological polar surface area (TPSA) is 95.9 Å². The Morgan fingerprint density at radius 1 is 1.30 bits per heavy atom. The number of aromatic nitrogens is 3. The normalized spacial score (nSPS) is 14.1. The Morgan fingerprint density at radius 2 is 2.07 bits per heavy atom. The minimum Gasteiger partial charge on any atom is -0.354 e. The summed E-state index contributed by atoms with van der Waals surface area (Å²) in [6.45, 7) is 5.07. The van der Waals surface area contributed by atoms with Crippen LogP contribution < -0.4 is 15.8 Å². The summed E-state index contributed by atoms with van der Waals surface area (Å²) in [6.07, 6.45) is 2.21. The zero-order chi connectivity index (χ0) is 21.3. The number of nitriles is 1. The van der Waals surface area contributed by atoms with Crippen LogP contribution in [0.25, 0.3) is 11.0 Å². The molecule has 1 aromatic carbocycles. The molecule has 1 aliphatic rings. The molecule has 0 unspecified atom stereocenters. The zero-order valence-corrected chi connectivity index (χ0v) is 17.2. The summed E-state index contributed by atoms with van der Waals surface area (Å²) < 4.78 is 3.07. The summed E-state index contributed by atoms with van der Waals surface area (Å²) in [6, 6.07) is 9.67. The van der Waals surface area contributed by atoms with Gasteiger partial charge < -0.3 is 14.8 Å². The SMILES string of the molecule is CCc1cccc(C(=O)Cn2cnc3c(C#N)c(N4CCNCC4)n(C)c3c2=O)c1. The molecule has 154 valence electrons. The van der Waals surface area contributed by atoms with Gasteiger partial charge in [0.1, 0.15) is 28.5 Å². The Kier molecular flexibility index (Phi) is 5.38. The van der Waals surface area contributed by atoms with Crippen molar-refractivity contribution in [2.75, 3.05) is 31.1 Å². The molecule has 0 amide bonds. The van der Waals surface area contributed by atoms with Crippen molar-refractivity contribution in [1.82, 2.24) is 19.4 Å². The van der Waals surface area contributed by atoms with Gasteiger partial charge in [-0.05, 0) is 18.1 Å². The van der Waals surface area contributed by atoms with Crippen molar-refractivity contribution in [3.63, 3.8) is 0 Å². The fourth-order valence-corrected chi connectivity index (χ4v) is 4.02. The molecule has 0 bridgehead atoms. The van der Waals surface area contributed by atoms with E-state index in [1.54, 1.807) is 17.7 Å². The molecule has 0 aliphatic carbocycles. The lowest BCUT2D eigenvalue weighted by Crippen LogP contribution is -2.44. The number of nitrogens with zero attached hydrogens (tertiary/aromatic N) is 5. The molecular formula is C22H24N6O2. The fraction of sp³-hybridized carbons (Fsp3) is 0.364. The minimum atomic E-state index is -0.319. The molecule has 1 saturated heterocycles. The van der Waals surface area contributed by atoms with Crippen molar-refractivity contribution >= 4 is 22.6 Å². The molecular weight excluding hydrogens is 380 g/mol. The standard InChI is InChI=1S/C22H24N6O2/c1-3-15-5-4-6-16(11-15)18(29)13-28-14-25-19-17(12-23)21(26(2)20(19)22(28)30)27-9-7-24-8-10-27/h4-6,11,14,24H,3,7-10,13H2,1-2H3. The lowest BCUT2D eigenvalue weighted by molar-refractivity contribution is 0.0970. The average Bonchev–Trinajstić information content (AvgIpc) is 3.08. The molecule has 1 fully saturated rings. The van der Waals surface area contributed by atoms with Gasteiger partial charge in [-0.3, -0.25) is 14.2 Å². The summed E-state index contributed by atoms with van der Waals surface area (Å²) in [5.74, 6) is 0.559. The Labute approximate surface area is 174 Å². The molecule has 8 nitrogen and oxygen atoms in total. The van der Waals surface area contributed by atoms with Crippen LogP contribution in [0.5, 0.6) is 0 Å². The summed E-state index contributed by atoms with van der Waals surface area (Å²) >= 11 is 0. The van der Waals surface area contributed by atoms with Crippen LogP contribution >= 0.6 is 0 Å². The second-order valence-electron chi connectivity index (χ2n) is 7.46. The summed E-state index contributed by atoms with van der Waals surface area (Å²) in [5.41, 5.74) is 2.46. The second-order valence-corrected chi connectivity index (χ2v) is 7.46. The number of Topliss-reactive ketones (excluding diaryl/α,β-unsaturated/α-hetero) is 1. The second kappa shape index (κ2) is 8.13. The number of ketones is 1. The summed E-state index contributed by atoms with van der Waals surface area (Å²) in [4.78, 5) is 32.5. The van der Waals surface area contributed by atoms with Crippen LogP contribution in [0.1, 0.15) is 28.4 Å². The van der Waals surface area contributed by atoms with E-state index in [9.17, 15) is 14.9 Å². The monoisotopic (exact) mass is 404 g/mol. The number of aryl methyl sites for hydroxylation is 2. The van der Waals surface area contributed by atoms with Crippen molar-refractivity contribution in [3.8, 4) is 6.07 Å². The average molecular weight is 404 g/mol. The van der Waals surface area contributed by atoms with E-state index in [4.69, 9.17) is 0 Å². The van der Waals surface area contributed by atoms with Gasteiger partial charge in [0, 0.05) is 38.8 Å². The van der Waals surface area contributed by atoms with Gasteiger partial charge in [0.25, 0.3) is 5.56 Å². The third-order valence-corrected chi connectivity index (χ3v) is 5.63. The van der Waals surface area contributed by atoms with E-state index < -0.39 is 0 Å². The lowest BCUT2D eigenvalue weighted by Gasteiger charge is -2.29. The molecule has 0 spiro atoms. The maximum Gasteiger partial charge on any atom is 0.278 e. The van der Waals surface area contributed by atoms with Gasteiger partial charge in [-0.25, -0.2) is 4.98 Å². The third kappa shape index (κ3) is 3.37. The van der Waals surface area contributed by atoms with Crippen LogP contribution in [0.4, 0.5) is 5.82 Å². The van der Waals surface area contributed by atoms with Crippen LogP contribution in [-0.4, -0.2) is 46.1 Å². The molecule has 0 saturated carbocycles. The number of carbonyl (C=O) groups is 1. The first-order valence-corrected chi connectivity index (χ1v) is 10.1. The fourth-order valence-electron chi connectivity index (χ4n) is 4.02. The minimum absolute atomic E-state index is 0.0923. The van der Waals surface area contributed by atoms with E-state index in [1.165, 1.54) is 10.9 Å². The van der Waals surface area contributed by atoms with Gasteiger partial charge in [-0.2, -0.15) is 5.26 Å². The number of carbonyl (C=O) groups excluding carboxylic acids is 1. The van der Waals surface area contributed by atoms with Crippen molar-refractivity contribution < 1.29 is 4.79 Å². The molecule has 1 N–H and O–H groups in total. The number of rotatable bonds is 5. The number of hydrogen-bond donors (Lipinski definition) is 1. The predicted molar refractivity (Wildman–Crippen MR) is 115 cm³/mol. The van der Waals surface area contributed by atoms with E-state index in [0.29, 0.717) is 28.0 Å². The number of nitrogens with one attached hydrogen (secondary N) is 1. The van der Waals surface area contributed by atoms with Gasteiger partial charge in [-0.1, -0.05) is 25.1 Å². The van der Waals surface area contributed by atoms with E-state index in [0.717, 1.165) is 38.2 Å². The maximum absolute atomic E-state index is 13.2. The third-order valence-electron chi connectivity index (χ3n) is 5.63. The first kappa shape index (κ1) is 19.9. The van der Waals surface area contributed by atoms with E-state index in [1.807, 2.05) is 25.1 Å². The van der Waals surface area contributed by atoms with Crippen LogP contribution in [0.2, 0.25) is 0 Å². The molecule has 8 heteroatoms. The van der Waals surface area contributed by atoms with E-state index >= 15 is 0 Å². The van der Waals surface area contributed by atoms with Gasteiger partial charge in [0.2, 0.25) is 0 Å². The van der Waals surface area contributed by atoms with E-state index in [-0.39, 0.29) is 17.9 Å². The Balaban J connectivity index is 1.75. The first-order chi connectivity index (χ1) is 14.5. The molecule has 30 heavy (non-hydrogen) atoms. The molecule has 4 rings (SSSR count). The predicted octanol–water partition coefficient (Wildman–Crippen LogP) is 1.46. The molecule has 2 aromatic heterocycles. The van der Waals surface area contributed by atoms with Crippen LogP contribution in [-0.2, 0) is 20.0 Å². The van der Waals surface area contributed by atoms with Crippen molar-refractivity contribution in [2.24, 2.45) is 7.05 Å². The van der Waals surface area contributed by atoms with Gasteiger partial charge in [-0.15, -0.1) is 0 Å². The smallest absolute Gasteiger partial charge is 0.278 e. The van der Waals surface area contributed by atoms with Gasteiger partial charge in [0.15, 0.2) is 5.78 Å². The number of hydrogen-bond acceptors (Lipinski definition) is 6. The highest BCUT2D eigenvalue weighted by Crippen LogP contribution is 2.28. The number of anilines is 1. The Hall–Kier alpha value is -3.44. The molecule has 0 radical (unpaired) electrons. The van der Waals surface area contributed by atoms with Crippen molar-refractivity contribution in [3.05, 3.63) is 57.6 Å². The number of benzene rings is 1. The summed E-state index contributed by atoms with van der Waals surface area (Å²) in [5, 5.41) is 13.0. The van der Waals surface area contributed by atoms with Crippen molar-refractivity contribution in [1.29, 1.82) is 5.26 Å². The largest absolute Gasteiger partial charge is 0.354 e. The van der Waals surface area contributed by atoms with Crippen molar-refractivity contribution in [2.45, 2.75) is 19.9 Å². The highest BCUT2D eigenvalue weighted by Gasteiger charge is 2.25. The highest BCUT2D eigenvalue weighted by molar-refractivity contribution is 5.96. The van der Waals surface area contributed by atoms with Gasteiger partial charge >= 0.3 is 0 Å². The lowest BCUT2D eigenvalue weighted by atomic mass is 10.1. The number of piperazine rings is 1. The first-order valence-electron chi connectivity index (χ1n) is 10.1. The zero-order valence-electron chi connectivity index (χ0n) is 17.2. The quantitative estimate of drug-likeness (QED) is 0.647. The Bertz CT molecular complexity index is 1210. The van der Waals surface area contributed by atoms with Crippen LogP contribution in [0.3, 0.4) is 0 Å².